The van der Waals surface area contributed by atoms with Crippen LogP contribution in [-0.2, 0) is 0 Å². The second kappa shape index (κ2) is 5.57. The quantitative estimate of drug-likeness (QED) is 0.913. The van der Waals surface area contributed by atoms with Gasteiger partial charge >= 0.3 is 0 Å². The molecule has 1 N–H and O–H groups in total. The van der Waals surface area contributed by atoms with Gasteiger partial charge in [0.15, 0.2) is 0 Å². The zero-order valence-electron chi connectivity index (χ0n) is 11.2. The first-order valence-corrected chi connectivity index (χ1v) is 6.38. The number of hydrogen-bond acceptors (Lipinski definition) is 2. The topological polar surface area (TPSA) is 59.9 Å². The van der Waals surface area contributed by atoms with E-state index in [9.17, 15) is 4.79 Å². The molecule has 0 saturated carbocycles. The minimum atomic E-state index is -0.0262. The molecule has 2 rings (SSSR count). The molecule has 0 radical (unpaired) electrons. The standard InChI is InChI=1S/C15H17N3O/c1-11(2)18(9-3-7-16)15(19)13-5-4-12-6-8-17-14(12)10-13/h4-6,8,10-11,17H,3,9H2,1-2H3. The minimum Gasteiger partial charge on any atom is -0.361 e. The summed E-state index contributed by atoms with van der Waals surface area (Å²) in [4.78, 5) is 17.3. The number of benzene rings is 1. The van der Waals surface area contributed by atoms with Crippen LogP contribution in [0.2, 0.25) is 0 Å². The average molecular weight is 255 g/mol. The van der Waals surface area contributed by atoms with Gasteiger partial charge in [-0.05, 0) is 37.4 Å². The van der Waals surface area contributed by atoms with Crippen LogP contribution in [0.25, 0.3) is 10.9 Å². The van der Waals surface area contributed by atoms with Crippen LogP contribution in [0, 0.1) is 11.3 Å². The predicted octanol–water partition coefficient (Wildman–Crippen LogP) is 2.93. The molecule has 1 amide bonds. The van der Waals surface area contributed by atoms with E-state index in [-0.39, 0.29) is 11.9 Å². The third-order valence-corrected chi connectivity index (χ3v) is 3.15. The predicted molar refractivity (Wildman–Crippen MR) is 74.7 cm³/mol. The van der Waals surface area contributed by atoms with E-state index < -0.39 is 0 Å². The van der Waals surface area contributed by atoms with Gasteiger partial charge in [0.25, 0.3) is 5.91 Å². The van der Waals surface area contributed by atoms with Gasteiger partial charge in [-0.25, -0.2) is 0 Å². The molecule has 0 atom stereocenters. The third-order valence-electron chi connectivity index (χ3n) is 3.15. The molecule has 19 heavy (non-hydrogen) atoms. The molecule has 0 fully saturated rings. The Labute approximate surface area is 112 Å². The number of aromatic amines is 1. The zero-order chi connectivity index (χ0) is 13.8. The van der Waals surface area contributed by atoms with Crippen molar-refractivity contribution in [2.75, 3.05) is 6.54 Å². The van der Waals surface area contributed by atoms with E-state index in [4.69, 9.17) is 5.26 Å². The Kier molecular flexibility index (Phi) is 3.86. The molecule has 4 nitrogen and oxygen atoms in total. The molecule has 0 saturated heterocycles. The molecule has 0 bridgehead atoms. The number of nitrogens with zero attached hydrogens (tertiary/aromatic N) is 2. The molecule has 0 aliphatic rings. The molecule has 0 unspecified atom stereocenters. The Morgan fingerprint density at radius 3 is 2.89 bits per heavy atom. The molecular formula is C15H17N3O. The smallest absolute Gasteiger partial charge is 0.254 e. The summed E-state index contributed by atoms with van der Waals surface area (Å²) in [7, 11) is 0. The van der Waals surface area contributed by atoms with E-state index >= 15 is 0 Å². The maximum Gasteiger partial charge on any atom is 0.254 e. The lowest BCUT2D eigenvalue weighted by atomic mass is 10.1. The molecule has 1 heterocycles. The molecule has 4 heteroatoms. The van der Waals surface area contributed by atoms with E-state index in [1.807, 2.05) is 44.3 Å². The molecule has 1 aromatic carbocycles. The third kappa shape index (κ3) is 2.76. The minimum absolute atomic E-state index is 0.0262. The number of amides is 1. The van der Waals surface area contributed by atoms with Gasteiger partial charge in [0, 0.05) is 29.9 Å². The molecular weight excluding hydrogens is 238 g/mol. The maximum absolute atomic E-state index is 12.5. The van der Waals surface area contributed by atoms with E-state index in [0.29, 0.717) is 18.5 Å². The van der Waals surface area contributed by atoms with Crippen LogP contribution in [-0.4, -0.2) is 28.4 Å². The van der Waals surface area contributed by atoms with Crippen molar-refractivity contribution >= 4 is 16.8 Å². The number of fused-ring (bicyclic) bond motifs is 1. The summed E-state index contributed by atoms with van der Waals surface area (Å²) in [6.45, 7) is 4.39. The largest absolute Gasteiger partial charge is 0.361 e. The van der Waals surface area contributed by atoms with E-state index in [1.165, 1.54) is 0 Å². The molecule has 0 aliphatic heterocycles. The van der Waals surface area contributed by atoms with Gasteiger partial charge in [-0.3, -0.25) is 4.79 Å². The van der Waals surface area contributed by atoms with Gasteiger partial charge < -0.3 is 9.88 Å². The fraction of sp³-hybridized carbons (Fsp3) is 0.333. The van der Waals surface area contributed by atoms with Crippen LogP contribution >= 0.6 is 0 Å². The number of nitrogens with one attached hydrogen (secondary N) is 1. The molecule has 0 aliphatic carbocycles. The van der Waals surface area contributed by atoms with Gasteiger partial charge in [-0.2, -0.15) is 5.26 Å². The maximum atomic E-state index is 12.5. The van der Waals surface area contributed by atoms with Gasteiger partial charge in [0.2, 0.25) is 0 Å². The van der Waals surface area contributed by atoms with Gasteiger partial charge in [0.05, 0.1) is 12.5 Å². The van der Waals surface area contributed by atoms with E-state index in [2.05, 4.69) is 11.1 Å². The highest BCUT2D eigenvalue weighted by atomic mass is 16.2. The van der Waals surface area contributed by atoms with Gasteiger partial charge in [-0.1, -0.05) is 6.07 Å². The normalized spacial score (nSPS) is 10.6. The van der Waals surface area contributed by atoms with Gasteiger partial charge in [0.1, 0.15) is 0 Å². The van der Waals surface area contributed by atoms with Crippen LogP contribution in [0.15, 0.2) is 30.5 Å². The van der Waals surface area contributed by atoms with Gasteiger partial charge in [-0.15, -0.1) is 0 Å². The lowest BCUT2D eigenvalue weighted by Gasteiger charge is -2.25. The summed E-state index contributed by atoms with van der Waals surface area (Å²) >= 11 is 0. The number of H-pyrrole nitrogens is 1. The lowest BCUT2D eigenvalue weighted by Crippen LogP contribution is -2.37. The zero-order valence-corrected chi connectivity index (χ0v) is 11.2. The second-order valence-corrected chi connectivity index (χ2v) is 4.78. The van der Waals surface area contributed by atoms with Crippen molar-refractivity contribution in [1.29, 1.82) is 5.26 Å². The SMILES string of the molecule is CC(C)N(CCC#N)C(=O)c1ccc2cc[nH]c2c1. The van der Waals surface area contributed by atoms with Crippen LogP contribution in [0.3, 0.4) is 0 Å². The molecule has 2 aromatic rings. The lowest BCUT2D eigenvalue weighted by molar-refractivity contribution is 0.0710. The van der Waals surface area contributed by atoms with Crippen molar-refractivity contribution < 1.29 is 4.79 Å². The number of carbonyl (C=O) groups is 1. The molecule has 0 spiro atoms. The van der Waals surface area contributed by atoms with E-state index in [0.717, 1.165) is 10.9 Å². The van der Waals surface area contributed by atoms with Crippen molar-refractivity contribution in [3.05, 3.63) is 36.0 Å². The first-order chi connectivity index (χ1) is 9.13. The Balaban J connectivity index is 2.27. The van der Waals surface area contributed by atoms with E-state index in [1.54, 1.807) is 4.90 Å². The van der Waals surface area contributed by atoms with Crippen molar-refractivity contribution in [2.24, 2.45) is 0 Å². The Morgan fingerprint density at radius 1 is 1.42 bits per heavy atom. The number of rotatable bonds is 4. The Morgan fingerprint density at radius 2 is 2.21 bits per heavy atom. The monoisotopic (exact) mass is 255 g/mol. The van der Waals surface area contributed by atoms with Crippen molar-refractivity contribution in [1.82, 2.24) is 9.88 Å². The summed E-state index contributed by atoms with van der Waals surface area (Å²) in [5.41, 5.74) is 1.61. The molecule has 1 aromatic heterocycles. The highest BCUT2D eigenvalue weighted by Crippen LogP contribution is 2.16. The summed E-state index contributed by atoms with van der Waals surface area (Å²) in [6.07, 6.45) is 2.21. The Bertz CT molecular complexity index is 622. The van der Waals surface area contributed by atoms with Crippen LogP contribution < -0.4 is 0 Å². The Hall–Kier alpha value is -2.28. The highest BCUT2D eigenvalue weighted by molar-refractivity contribution is 5.98. The second-order valence-electron chi connectivity index (χ2n) is 4.78. The van der Waals surface area contributed by atoms with Crippen molar-refractivity contribution in [3.8, 4) is 6.07 Å². The number of aromatic nitrogens is 1. The van der Waals surface area contributed by atoms with Crippen LogP contribution in [0.4, 0.5) is 0 Å². The van der Waals surface area contributed by atoms with Crippen LogP contribution in [0.5, 0.6) is 0 Å². The molecule has 98 valence electrons. The number of hydrogen-bond donors (Lipinski definition) is 1. The first-order valence-electron chi connectivity index (χ1n) is 6.38. The summed E-state index contributed by atoms with van der Waals surface area (Å²) in [6, 6.07) is 9.77. The highest BCUT2D eigenvalue weighted by Gasteiger charge is 2.18. The van der Waals surface area contributed by atoms with Crippen molar-refractivity contribution in [3.63, 3.8) is 0 Å². The fourth-order valence-electron chi connectivity index (χ4n) is 2.11. The fourth-order valence-corrected chi connectivity index (χ4v) is 2.11. The number of carbonyl (C=O) groups excluding carboxylic acids is 1. The number of nitriles is 1. The van der Waals surface area contributed by atoms with Crippen LogP contribution in [0.1, 0.15) is 30.6 Å². The average Bonchev–Trinajstić information content (AvgIpc) is 2.85. The summed E-state index contributed by atoms with van der Waals surface area (Å²) < 4.78 is 0. The summed E-state index contributed by atoms with van der Waals surface area (Å²) in [5.74, 6) is -0.0262. The summed E-state index contributed by atoms with van der Waals surface area (Å²) in [5, 5.41) is 9.76. The van der Waals surface area contributed by atoms with Crippen molar-refractivity contribution in [2.45, 2.75) is 26.3 Å². The first kappa shape index (κ1) is 13.2.